The van der Waals surface area contributed by atoms with Crippen LogP contribution in [-0.2, 0) is 0 Å². The van der Waals surface area contributed by atoms with Crippen molar-refractivity contribution in [2.24, 2.45) is 0 Å². The largest absolute Gasteiger partial charge is 0.351 e. The van der Waals surface area contributed by atoms with Gasteiger partial charge in [-0.15, -0.1) is 11.3 Å². The van der Waals surface area contributed by atoms with Crippen LogP contribution in [-0.4, -0.2) is 5.11 Å². The van der Waals surface area contributed by atoms with E-state index in [-0.39, 0.29) is 11.9 Å². The minimum atomic E-state index is -0.249. The molecule has 1 heterocycles. The van der Waals surface area contributed by atoms with Gasteiger partial charge in [-0.25, -0.2) is 4.39 Å². The molecule has 1 atom stereocenters. The predicted octanol–water partition coefficient (Wildman–Crippen LogP) is 5.27. The van der Waals surface area contributed by atoms with Crippen LogP contribution in [0, 0.1) is 12.7 Å². The number of rotatable bonds is 4. The molecule has 0 radical (unpaired) electrons. The Labute approximate surface area is 150 Å². The average Bonchev–Trinajstić information content (AvgIpc) is 3.11. The van der Waals surface area contributed by atoms with Crippen LogP contribution in [0.25, 0.3) is 0 Å². The molecular weight excluding hydrogens is 339 g/mol. The highest BCUT2D eigenvalue weighted by Gasteiger charge is 2.16. The van der Waals surface area contributed by atoms with Gasteiger partial charge in [-0.3, -0.25) is 0 Å². The Hall–Kier alpha value is -2.24. The van der Waals surface area contributed by atoms with Gasteiger partial charge in [0.25, 0.3) is 0 Å². The van der Waals surface area contributed by atoms with Crippen LogP contribution in [0.5, 0.6) is 0 Å². The summed E-state index contributed by atoms with van der Waals surface area (Å²) in [5.41, 5.74) is 2.37. The molecule has 0 aliphatic rings. The molecule has 0 unspecified atom stereocenters. The van der Waals surface area contributed by atoms with Crippen molar-refractivity contribution >= 4 is 34.4 Å². The summed E-state index contributed by atoms with van der Waals surface area (Å²) in [4.78, 5) is 1.17. The molecule has 3 aromatic rings. The number of aryl methyl sites for hydroxylation is 1. The van der Waals surface area contributed by atoms with Crippen molar-refractivity contribution in [2.75, 3.05) is 5.32 Å². The van der Waals surface area contributed by atoms with Gasteiger partial charge in [0, 0.05) is 10.6 Å². The molecule has 0 aliphatic heterocycles. The third kappa shape index (κ3) is 3.99. The van der Waals surface area contributed by atoms with Gasteiger partial charge in [0.2, 0.25) is 0 Å². The van der Waals surface area contributed by atoms with Crippen molar-refractivity contribution in [2.45, 2.75) is 13.0 Å². The first kappa shape index (κ1) is 16.6. The second-order valence-electron chi connectivity index (χ2n) is 5.42. The van der Waals surface area contributed by atoms with Crippen molar-refractivity contribution in [3.8, 4) is 0 Å². The first-order valence-electron chi connectivity index (χ1n) is 7.55. The summed E-state index contributed by atoms with van der Waals surface area (Å²) in [5.74, 6) is -0.249. The molecule has 0 amide bonds. The molecule has 0 saturated heterocycles. The number of thiophene rings is 1. The topological polar surface area (TPSA) is 24.1 Å². The molecule has 122 valence electrons. The first-order chi connectivity index (χ1) is 11.6. The Bertz CT molecular complexity index is 817. The number of benzene rings is 2. The molecular formula is C19H17FN2S2. The Kier molecular flexibility index (Phi) is 5.23. The van der Waals surface area contributed by atoms with E-state index in [1.54, 1.807) is 24.3 Å². The van der Waals surface area contributed by atoms with Crippen LogP contribution in [0.2, 0.25) is 0 Å². The second-order valence-corrected chi connectivity index (χ2v) is 6.81. The number of hydrogen-bond donors (Lipinski definition) is 2. The van der Waals surface area contributed by atoms with Crippen molar-refractivity contribution < 1.29 is 4.39 Å². The fourth-order valence-electron chi connectivity index (χ4n) is 2.39. The monoisotopic (exact) mass is 356 g/mol. The van der Waals surface area contributed by atoms with E-state index in [0.29, 0.717) is 16.4 Å². The minimum absolute atomic E-state index is 0.0403. The van der Waals surface area contributed by atoms with E-state index in [2.05, 4.69) is 28.8 Å². The predicted molar refractivity (Wildman–Crippen MR) is 103 cm³/mol. The first-order valence-corrected chi connectivity index (χ1v) is 8.84. The number of thiocarbonyl (C=S) groups is 1. The zero-order valence-electron chi connectivity index (χ0n) is 13.1. The normalized spacial score (nSPS) is 11.8. The third-order valence-corrected chi connectivity index (χ3v) is 4.82. The lowest BCUT2D eigenvalue weighted by Crippen LogP contribution is -2.32. The SMILES string of the molecule is Cc1ccc(NC(=S)N[C@@H](c2ccccc2)c2cccs2)cc1F. The van der Waals surface area contributed by atoms with Gasteiger partial charge in [0.15, 0.2) is 5.11 Å². The average molecular weight is 356 g/mol. The van der Waals surface area contributed by atoms with Gasteiger partial charge in [0.1, 0.15) is 5.82 Å². The highest BCUT2D eigenvalue weighted by molar-refractivity contribution is 7.80. The van der Waals surface area contributed by atoms with E-state index >= 15 is 0 Å². The van der Waals surface area contributed by atoms with E-state index in [0.717, 1.165) is 5.56 Å². The Morgan fingerprint density at radius 1 is 1.08 bits per heavy atom. The molecule has 3 rings (SSSR count). The molecule has 2 N–H and O–H groups in total. The molecule has 2 nitrogen and oxygen atoms in total. The summed E-state index contributed by atoms with van der Waals surface area (Å²) >= 11 is 7.09. The van der Waals surface area contributed by atoms with Crippen LogP contribution in [0.4, 0.5) is 10.1 Å². The fourth-order valence-corrected chi connectivity index (χ4v) is 3.43. The van der Waals surface area contributed by atoms with Crippen LogP contribution in [0.15, 0.2) is 66.0 Å². The summed E-state index contributed by atoms with van der Waals surface area (Å²) in [6, 6.07) is 19.2. The molecule has 5 heteroatoms. The number of nitrogens with one attached hydrogen (secondary N) is 2. The van der Waals surface area contributed by atoms with Gasteiger partial charge < -0.3 is 10.6 Å². The van der Waals surface area contributed by atoms with E-state index in [1.807, 2.05) is 35.7 Å². The molecule has 0 saturated carbocycles. The lowest BCUT2D eigenvalue weighted by atomic mass is 10.1. The number of anilines is 1. The third-order valence-electron chi connectivity index (χ3n) is 3.67. The second kappa shape index (κ2) is 7.55. The zero-order chi connectivity index (χ0) is 16.9. The van der Waals surface area contributed by atoms with Crippen LogP contribution in [0.3, 0.4) is 0 Å². The summed E-state index contributed by atoms with van der Waals surface area (Å²) in [6.07, 6.45) is 0. The van der Waals surface area contributed by atoms with Gasteiger partial charge in [-0.1, -0.05) is 42.5 Å². The molecule has 0 aliphatic carbocycles. The molecule has 0 spiro atoms. The summed E-state index contributed by atoms with van der Waals surface area (Å²) in [5, 5.41) is 8.88. The van der Waals surface area contributed by atoms with Gasteiger partial charge >= 0.3 is 0 Å². The van der Waals surface area contributed by atoms with Crippen molar-refractivity contribution in [3.05, 3.63) is 87.9 Å². The van der Waals surface area contributed by atoms with Crippen molar-refractivity contribution in [3.63, 3.8) is 0 Å². The van der Waals surface area contributed by atoms with Gasteiger partial charge in [-0.05, 0) is 53.8 Å². The Morgan fingerprint density at radius 3 is 2.54 bits per heavy atom. The van der Waals surface area contributed by atoms with Crippen LogP contribution < -0.4 is 10.6 Å². The summed E-state index contributed by atoms with van der Waals surface area (Å²) < 4.78 is 13.7. The molecule has 0 fully saturated rings. The molecule has 1 aromatic heterocycles. The highest BCUT2D eigenvalue weighted by Crippen LogP contribution is 2.26. The smallest absolute Gasteiger partial charge is 0.171 e. The summed E-state index contributed by atoms with van der Waals surface area (Å²) in [6.45, 7) is 1.73. The van der Waals surface area contributed by atoms with Crippen molar-refractivity contribution in [1.29, 1.82) is 0 Å². The van der Waals surface area contributed by atoms with Crippen LogP contribution in [0.1, 0.15) is 22.0 Å². The van der Waals surface area contributed by atoms with E-state index in [9.17, 15) is 4.39 Å². The maximum atomic E-state index is 13.7. The van der Waals surface area contributed by atoms with Crippen molar-refractivity contribution in [1.82, 2.24) is 5.32 Å². The minimum Gasteiger partial charge on any atom is -0.351 e. The van der Waals surface area contributed by atoms with Crippen LogP contribution >= 0.6 is 23.6 Å². The van der Waals surface area contributed by atoms with E-state index in [1.165, 1.54) is 10.9 Å². The quantitative estimate of drug-likeness (QED) is 0.623. The summed E-state index contributed by atoms with van der Waals surface area (Å²) in [7, 11) is 0. The highest BCUT2D eigenvalue weighted by atomic mass is 32.1. The maximum Gasteiger partial charge on any atom is 0.171 e. The van der Waals surface area contributed by atoms with E-state index < -0.39 is 0 Å². The lowest BCUT2D eigenvalue weighted by molar-refractivity contribution is 0.619. The van der Waals surface area contributed by atoms with E-state index in [4.69, 9.17) is 12.2 Å². The maximum absolute atomic E-state index is 13.7. The lowest BCUT2D eigenvalue weighted by Gasteiger charge is -2.20. The molecule has 2 aromatic carbocycles. The Balaban J connectivity index is 1.77. The van der Waals surface area contributed by atoms with Gasteiger partial charge in [-0.2, -0.15) is 0 Å². The molecule has 24 heavy (non-hydrogen) atoms. The zero-order valence-corrected chi connectivity index (χ0v) is 14.8. The fraction of sp³-hybridized carbons (Fsp3) is 0.105. The van der Waals surface area contributed by atoms with Gasteiger partial charge in [0.05, 0.1) is 6.04 Å². The standard InChI is InChI=1S/C19H17FN2S2/c1-13-9-10-15(12-16(13)20)21-19(23)22-18(17-8-5-11-24-17)14-6-3-2-4-7-14/h2-12,18H,1H3,(H2,21,22,23)/t18-/m0/s1. The molecule has 0 bridgehead atoms. The number of halogens is 1. The Morgan fingerprint density at radius 2 is 1.88 bits per heavy atom. The number of hydrogen-bond acceptors (Lipinski definition) is 2.